The van der Waals surface area contributed by atoms with Gasteiger partial charge in [-0.15, -0.1) is 0 Å². The molecule has 1 heterocycles. The molecule has 1 aromatic heterocycles. The van der Waals surface area contributed by atoms with E-state index in [0.29, 0.717) is 16.7 Å². The van der Waals surface area contributed by atoms with Crippen molar-refractivity contribution in [1.82, 2.24) is 9.88 Å². The second kappa shape index (κ2) is 6.40. The number of nitrogens with zero attached hydrogens (tertiary/aromatic N) is 2. The predicted molar refractivity (Wildman–Crippen MR) is 66.9 cm³/mol. The molecule has 0 saturated heterocycles. The van der Waals surface area contributed by atoms with Crippen molar-refractivity contribution in [2.24, 2.45) is 0 Å². The van der Waals surface area contributed by atoms with Crippen molar-refractivity contribution in [2.75, 3.05) is 13.6 Å². The van der Waals surface area contributed by atoms with Crippen LogP contribution in [-0.2, 0) is 6.54 Å². The van der Waals surface area contributed by atoms with Crippen molar-refractivity contribution in [3.63, 3.8) is 0 Å². The second-order valence-electron chi connectivity index (χ2n) is 3.94. The zero-order chi connectivity index (χ0) is 12.1. The van der Waals surface area contributed by atoms with Crippen molar-refractivity contribution in [1.29, 1.82) is 0 Å². The van der Waals surface area contributed by atoms with Crippen molar-refractivity contribution in [2.45, 2.75) is 26.0 Å². The fourth-order valence-electron chi connectivity index (χ4n) is 1.31. The topological polar surface area (TPSA) is 36.4 Å². The Bertz CT molecular complexity index is 345. The van der Waals surface area contributed by atoms with Crippen molar-refractivity contribution < 1.29 is 5.11 Å². The van der Waals surface area contributed by atoms with Gasteiger partial charge in [-0.25, -0.2) is 4.98 Å². The van der Waals surface area contributed by atoms with Crippen LogP contribution in [0.4, 0.5) is 0 Å². The van der Waals surface area contributed by atoms with Gasteiger partial charge in [-0.3, -0.25) is 0 Å². The first-order valence-corrected chi connectivity index (χ1v) is 5.92. The van der Waals surface area contributed by atoms with E-state index in [4.69, 9.17) is 23.2 Å². The number of aromatic nitrogens is 1. The summed E-state index contributed by atoms with van der Waals surface area (Å²) in [7, 11) is 1.96. The molecule has 0 aliphatic carbocycles. The summed E-state index contributed by atoms with van der Waals surface area (Å²) in [5.74, 6) is 0. The maximum atomic E-state index is 9.18. The number of halogens is 2. The largest absolute Gasteiger partial charge is 0.393 e. The Hall–Kier alpha value is -0.350. The van der Waals surface area contributed by atoms with E-state index in [9.17, 15) is 5.11 Å². The van der Waals surface area contributed by atoms with Crippen LogP contribution >= 0.6 is 23.2 Å². The molecule has 1 N–H and O–H groups in total. The molecule has 0 saturated carbocycles. The first-order valence-electron chi connectivity index (χ1n) is 5.16. The molecule has 0 fully saturated rings. The Morgan fingerprint density at radius 1 is 1.44 bits per heavy atom. The van der Waals surface area contributed by atoms with Crippen molar-refractivity contribution >= 4 is 23.2 Å². The van der Waals surface area contributed by atoms with Crippen molar-refractivity contribution in [3.8, 4) is 0 Å². The van der Waals surface area contributed by atoms with E-state index in [1.54, 1.807) is 19.1 Å². The molecule has 0 spiro atoms. The molecule has 1 rings (SSSR count). The van der Waals surface area contributed by atoms with E-state index in [-0.39, 0.29) is 6.10 Å². The predicted octanol–water partition coefficient (Wildman–Crippen LogP) is 2.59. The number of rotatable bonds is 5. The molecular formula is C11H16Cl2N2O. The summed E-state index contributed by atoms with van der Waals surface area (Å²) in [6, 6.07) is 3.41. The Labute approximate surface area is 106 Å². The Morgan fingerprint density at radius 2 is 2.12 bits per heavy atom. The van der Waals surface area contributed by atoms with Crippen LogP contribution in [0.1, 0.15) is 19.0 Å². The number of aliphatic hydroxyl groups excluding tert-OH is 1. The van der Waals surface area contributed by atoms with Gasteiger partial charge in [-0.2, -0.15) is 0 Å². The maximum Gasteiger partial charge on any atom is 0.129 e. The van der Waals surface area contributed by atoms with Gasteiger partial charge < -0.3 is 10.0 Å². The summed E-state index contributed by atoms with van der Waals surface area (Å²) in [5.41, 5.74) is 0.766. The molecule has 16 heavy (non-hydrogen) atoms. The lowest BCUT2D eigenvalue weighted by atomic mass is 10.2. The fourth-order valence-corrected chi connectivity index (χ4v) is 1.64. The lowest BCUT2D eigenvalue weighted by Gasteiger charge is -2.17. The Morgan fingerprint density at radius 3 is 2.75 bits per heavy atom. The van der Waals surface area contributed by atoms with Crippen LogP contribution in [0.25, 0.3) is 0 Å². The van der Waals surface area contributed by atoms with Gasteiger partial charge in [-0.1, -0.05) is 23.2 Å². The molecule has 1 atom stereocenters. The zero-order valence-corrected chi connectivity index (χ0v) is 11.0. The molecule has 1 aromatic rings. The number of aliphatic hydroxyl groups is 1. The molecule has 0 bridgehead atoms. The van der Waals surface area contributed by atoms with Gasteiger partial charge >= 0.3 is 0 Å². The lowest BCUT2D eigenvalue weighted by Crippen LogP contribution is -2.22. The van der Waals surface area contributed by atoms with Crippen LogP contribution in [0.2, 0.25) is 10.2 Å². The van der Waals surface area contributed by atoms with Gasteiger partial charge in [0, 0.05) is 13.1 Å². The third kappa shape index (κ3) is 4.66. The fraction of sp³-hybridized carbons (Fsp3) is 0.545. The van der Waals surface area contributed by atoms with Crippen LogP contribution in [0, 0.1) is 0 Å². The van der Waals surface area contributed by atoms with E-state index in [1.807, 2.05) is 7.05 Å². The van der Waals surface area contributed by atoms with Gasteiger partial charge in [0.25, 0.3) is 0 Å². The third-order valence-corrected chi connectivity index (χ3v) is 2.79. The minimum absolute atomic E-state index is 0.287. The molecule has 0 amide bonds. The van der Waals surface area contributed by atoms with E-state index in [2.05, 4.69) is 9.88 Å². The first-order chi connectivity index (χ1) is 7.49. The van der Waals surface area contributed by atoms with Gasteiger partial charge in [0.05, 0.1) is 16.8 Å². The average Bonchev–Trinajstić information content (AvgIpc) is 2.20. The highest BCUT2D eigenvalue weighted by Gasteiger charge is 2.07. The minimum atomic E-state index is -0.287. The number of pyridine rings is 1. The second-order valence-corrected chi connectivity index (χ2v) is 4.73. The molecule has 3 nitrogen and oxygen atoms in total. The van der Waals surface area contributed by atoms with Crippen molar-refractivity contribution in [3.05, 3.63) is 28.0 Å². The Kier molecular flexibility index (Phi) is 5.49. The van der Waals surface area contributed by atoms with E-state index < -0.39 is 0 Å². The number of hydrogen-bond donors (Lipinski definition) is 1. The first kappa shape index (κ1) is 13.7. The summed E-state index contributed by atoms with van der Waals surface area (Å²) in [6.45, 7) is 3.20. The van der Waals surface area contributed by atoms with Gasteiger partial charge in [0.1, 0.15) is 5.15 Å². The Balaban J connectivity index is 2.55. The standard InChI is InChI=1S/C11H16Cl2N2O/c1-8(16)5-6-15(2)7-10-9(12)3-4-11(13)14-10/h3-4,8,16H,5-7H2,1-2H3. The van der Waals surface area contributed by atoms with Crippen LogP contribution in [0.5, 0.6) is 0 Å². The molecular weight excluding hydrogens is 247 g/mol. The molecule has 5 heteroatoms. The maximum absolute atomic E-state index is 9.18. The smallest absolute Gasteiger partial charge is 0.129 e. The molecule has 1 unspecified atom stereocenters. The summed E-state index contributed by atoms with van der Waals surface area (Å²) in [6.07, 6.45) is 0.444. The summed E-state index contributed by atoms with van der Waals surface area (Å²) in [4.78, 5) is 6.22. The van der Waals surface area contributed by atoms with E-state index >= 15 is 0 Å². The van der Waals surface area contributed by atoms with E-state index in [0.717, 1.165) is 18.7 Å². The monoisotopic (exact) mass is 262 g/mol. The van der Waals surface area contributed by atoms with Gasteiger partial charge in [0.15, 0.2) is 0 Å². The normalized spacial score (nSPS) is 13.1. The highest BCUT2D eigenvalue weighted by molar-refractivity contribution is 6.32. The van der Waals surface area contributed by atoms with Crippen LogP contribution in [-0.4, -0.2) is 34.7 Å². The van der Waals surface area contributed by atoms with Gasteiger partial charge in [-0.05, 0) is 32.5 Å². The molecule has 0 aliphatic heterocycles. The minimum Gasteiger partial charge on any atom is -0.393 e. The lowest BCUT2D eigenvalue weighted by molar-refractivity contribution is 0.162. The van der Waals surface area contributed by atoms with Crippen LogP contribution in [0.3, 0.4) is 0 Å². The molecule has 90 valence electrons. The van der Waals surface area contributed by atoms with Crippen LogP contribution < -0.4 is 0 Å². The summed E-state index contributed by atoms with van der Waals surface area (Å²) in [5, 5.41) is 10.2. The molecule has 0 aromatic carbocycles. The van der Waals surface area contributed by atoms with E-state index in [1.165, 1.54) is 0 Å². The average molecular weight is 263 g/mol. The number of hydrogen-bond acceptors (Lipinski definition) is 3. The zero-order valence-electron chi connectivity index (χ0n) is 9.45. The molecule has 0 aliphatic rings. The quantitative estimate of drug-likeness (QED) is 0.829. The molecule has 0 radical (unpaired) electrons. The highest BCUT2D eigenvalue weighted by Crippen LogP contribution is 2.18. The van der Waals surface area contributed by atoms with Gasteiger partial charge in [0.2, 0.25) is 0 Å². The van der Waals surface area contributed by atoms with Crippen LogP contribution in [0.15, 0.2) is 12.1 Å². The summed E-state index contributed by atoms with van der Waals surface area (Å²) >= 11 is 11.8. The SMILES string of the molecule is CC(O)CCN(C)Cc1nc(Cl)ccc1Cl. The third-order valence-electron chi connectivity index (χ3n) is 2.23. The highest BCUT2D eigenvalue weighted by atomic mass is 35.5. The summed E-state index contributed by atoms with van der Waals surface area (Å²) < 4.78 is 0.